The van der Waals surface area contributed by atoms with Crippen LogP contribution in [0.25, 0.3) is 0 Å². The minimum absolute atomic E-state index is 0. The lowest BCUT2D eigenvalue weighted by atomic mass is 10.1. The van der Waals surface area contributed by atoms with Gasteiger partial charge in [0.15, 0.2) is 5.96 Å². The van der Waals surface area contributed by atoms with Gasteiger partial charge in [0, 0.05) is 25.7 Å². The van der Waals surface area contributed by atoms with Gasteiger partial charge in [-0.05, 0) is 38.6 Å². The lowest BCUT2D eigenvalue weighted by Crippen LogP contribution is -2.41. The largest absolute Gasteiger partial charge is 0.370 e. The quantitative estimate of drug-likeness (QED) is 0.459. The monoisotopic (exact) mass is 366 g/mol. The number of aliphatic imine (C=N–C) groups is 1. The van der Waals surface area contributed by atoms with Crippen LogP contribution in [0.2, 0.25) is 0 Å². The molecule has 1 saturated carbocycles. The molecule has 2 aliphatic rings. The molecule has 0 bridgehead atoms. The van der Waals surface area contributed by atoms with Gasteiger partial charge in [0.05, 0.1) is 6.54 Å². The number of piperidine rings is 1. The number of likely N-dealkylation sites (N-methyl/N-ethyl adjacent to an activating group) is 1. The Bertz CT molecular complexity index is 260. The van der Waals surface area contributed by atoms with E-state index in [1.807, 2.05) is 0 Å². The second-order valence-electron chi connectivity index (χ2n) is 5.15. The Morgan fingerprint density at radius 1 is 1.28 bits per heavy atom. The third-order valence-electron chi connectivity index (χ3n) is 3.81. The van der Waals surface area contributed by atoms with Crippen LogP contribution in [0.3, 0.4) is 0 Å². The number of nitrogens with two attached hydrogens (primary N) is 1. The molecule has 0 aromatic rings. The van der Waals surface area contributed by atoms with Crippen LogP contribution in [0.4, 0.5) is 0 Å². The highest BCUT2D eigenvalue weighted by molar-refractivity contribution is 14.0. The summed E-state index contributed by atoms with van der Waals surface area (Å²) in [7, 11) is 0. The van der Waals surface area contributed by atoms with Gasteiger partial charge in [0.2, 0.25) is 0 Å². The normalized spacial score (nSPS) is 21.0. The summed E-state index contributed by atoms with van der Waals surface area (Å²) in [6.45, 7) is 7.48. The van der Waals surface area contributed by atoms with Crippen LogP contribution >= 0.6 is 24.0 Å². The zero-order valence-corrected chi connectivity index (χ0v) is 13.8. The summed E-state index contributed by atoms with van der Waals surface area (Å²) in [5, 5.41) is 0. The second-order valence-corrected chi connectivity index (χ2v) is 5.15. The zero-order valence-electron chi connectivity index (χ0n) is 11.5. The highest BCUT2D eigenvalue weighted by Gasteiger charge is 2.27. The Labute approximate surface area is 128 Å². The Kier molecular flexibility index (Phi) is 7.29. The number of hydrogen-bond acceptors (Lipinski definition) is 2. The average Bonchev–Trinajstić information content (AvgIpc) is 3.20. The molecule has 2 rings (SSSR count). The van der Waals surface area contributed by atoms with E-state index in [2.05, 4.69) is 21.7 Å². The highest BCUT2D eigenvalue weighted by Crippen LogP contribution is 2.25. The average molecular weight is 366 g/mol. The van der Waals surface area contributed by atoms with E-state index in [1.54, 1.807) is 0 Å². The summed E-state index contributed by atoms with van der Waals surface area (Å²) in [6, 6.07) is 0.839. The van der Waals surface area contributed by atoms with Crippen molar-refractivity contribution >= 4 is 29.9 Å². The van der Waals surface area contributed by atoms with E-state index < -0.39 is 0 Å². The first-order valence-corrected chi connectivity index (χ1v) is 7.10. The molecule has 2 N–H and O–H groups in total. The molecule has 106 valence electrons. The Morgan fingerprint density at radius 3 is 2.50 bits per heavy atom. The minimum atomic E-state index is 0. The van der Waals surface area contributed by atoms with Gasteiger partial charge >= 0.3 is 0 Å². The molecule has 0 aromatic carbocycles. The topological polar surface area (TPSA) is 44.9 Å². The molecule has 4 nitrogen and oxygen atoms in total. The van der Waals surface area contributed by atoms with Crippen molar-refractivity contribution in [3.8, 4) is 0 Å². The van der Waals surface area contributed by atoms with E-state index in [4.69, 9.17) is 5.73 Å². The molecule has 1 aliphatic carbocycles. The first-order chi connectivity index (χ1) is 8.31. The van der Waals surface area contributed by atoms with Crippen molar-refractivity contribution in [2.45, 2.75) is 45.1 Å². The van der Waals surface area contributed by atoms with E-state index in [0.29, 0.717) is 0 Å². The molecular formula is C13H27IN4. The molecule has 1 saturated heterocycles. The first kappa shape index (κ1) is 16.0. The van der Waals surface area contributed by atoms with Crippen LogP contribution in [0.5, 0.6) is 0 Å². The number of rotatable bonds is 5. The molecule has 18 heavy (non-hydrogen) atoms. The van der Waals surface area contributed by atoms with E-state index in [9.17, 15) is 0 Å². The molecule has 5 heteroatoms. The van der Waals surface area contributed by atoms with E-state index >= 15 is 0 Å². The van der Waals surface area contributed by atoms with Gasteiger partial charge in [-0.25, -0.2) is 0 Å². The predicted octanol–water partition coefficient (Wildman–Crippen LogP) is 1.89. The Balaban J connectivity index is 0.00000162. The number of halogens is 1. The van der Waals surface area contributed by atoms with E-state index in [-0.39, 0.29) is 24.0 Å². The number of likely N-dealkylation sites (tertiary alicyclic amines) is 1. The van der Waals surface area contributed by atoms with E-state index in [1.165, 1.54) is 32.1 Å². The molecule has 1 aliphatic heterocycles. The van der Waals surface area contributed by atoms with Gasteiger partial charge in [0.25, 0.3) is 0 Å². The summed E-state index contributed by atoms with van der Waals surface area (Å²) >= 11 is 0. The molecule has 0 amide bonds. The maximum absolute atomic E-state index is 6.03. The molecule has 1 heterocycles. The van der Waals surface area contributed by atoms with Crippen molar-refractivity contribution in [2.24, 2.45) is 10.7 Å². The summed E-state index contributed by atoms with van der Waals surface area (Å²) in [5.41, 5.74) is 6.03. The number of guanidine groups is 1. The smallest absolute Gasteiger partial charge is 0.191 e. The third kappa shape index (κ3) is 4.91. The lowest BCUT2D eigenvalue weighted by molar-refractivity contribution is 0.284. The molecular weight excluding hydrogens is 339 g/mol. The lowest BCUT2D eigenvalue weighted by Gasteiger charge is -2.27. The first-order valence-electron chi connectivity index (χ1n) is 7.10. The minimum Gasteiger partial charge on any atom is -0.370 e. The standard InChI is InChI=1S/C13H26N4.HI/c1-2-16(12-6-7-12)11-8-15-13(14)17-9-4-3-5-10-17;/h12H,2-11H2,1H3,(H2,14,15);1H. The van der Waals surface area contributed by atoms with Crippen molar-refractivity contribution in [2.75, 3.05) is 32.7 Å². The fourth-order valence-corrected chi connectivity index (χ4v) is 2.55. The molecule has 0 radical (unpaired) electrons. The van der Waals surface area contributed by atoms with Crippen molar-refractivity contribution in [1.29, 1.82) is 0 Å². The van der Waals surface area contributed by atoms with Crippen LogP contribution in [0.1, 0.15) is 39.0 Å². The van der Waals surface area contributed by atoms with Gasteiger partial charge in [0.1, 0.15) is 0 Å². The Hall–Kier alpha value is -0.0400. The maximum Gasteiger partial charge on any atom is 0.191 e. The summed E-state index contributed by atoms with van der Waals surface area (Å²) in [5.74, 6) is 0.761. The molecule has 2 fully saturated rings. The SMILES string of the molecule is CCN(CCN=C(N)N1CCCCC1)C1CC1.I. The van der Waals surface area contributed by atoms with Crippen molar-refractivity contribution in [3.05, 3.63) is 0 Å². The van der Waals surface area contributed by atoms with Crippen molar-refractivity contribution < 1.29 is 0 Å². The van der Waals surface area contributed by atoms with Crippen LogP contribution < -0.4 is 5.73 Å². The number of nitrogens with zero attached hydrogens (tertiary/aromatic N) is 3. The van der Waals surface area contributed by atoms with Crippen molar-refractivity contribution in [1.82, 2.24) is 9.80 Å². The highest BCUT2D eigenvalue weighted by atomic mass is 127. The third-order valence-corrected chi connectivity index (χ3v) is 3.81. The van der Waals surface area contributed by atoms with Crippen LogP contribution in [-0.4, -0.2) is 54.5 Å². The van der Waals surface area contributed by atoms with Gasteiger partial charge in [-0.1, -0.05) is 6.92 Å². The number of hydrogen-bond donors (Lipinski definition) is 1. The maximum atomic E-state index is 6.03. The summed E-state index contributed by atoms with van der Waals surface area (Å²) in [4.78, 5) is 9.28. The molecule has 0 atom stereocenters. The predicted molar refractivity (Wildman–Crippen MR) is 87.6 cm³/mol. The van der Waals surface area contributed by atoms with Crippen LogP contribution in [0, 0.1) is 0 Å². The van der Waals surface area contributed by atoms with Gasteiger partial charge in [-0.15, -0.1) is 24.0 Å². The van der Waals surface area contributed by atoms with Gasteiger partial charge in [-0.3, -0.25) is 9.89 Å². The van der Waals surface area contributed by atoms with Gasteiger partial charge < -0.3 is 10.6 Å². The fourth-order valence-electron chi connectivity index (χ4n) is 2.55. The zero-order chi connectivity index (χ0) is 12.1. The van der Waals surface area contributed by atoms with Crippen LogP contribution in [-0.2, 0) is 0 Å². The summed E-state index contributed by atoms with van der Waals surface area (Å²) in [6.07, 6.45) is 6.62. The molecule has 0 unspecified atom stereocenters. The summed E-state index contributed by atoms with van der Waals surface area (Å²) < 4.78 is 0. The van der Waals surface area contributed by atoms with Gasteiger partial charge in [-0.2, -0.15) is 0 Å². The molecule has 0 aromatic heterocycles. The molecule has 0 spiro atoms. The van der Waals surface area contributed by atoms with Crippen LogP contribution in [0.15, 0.2) is 4.99 Å². The van der Waals surface area contributed by atoms with Crippen molar-refractivity contribution in [3.63, 3.8) is 0 Å². The van der Waals surface area contributed by atoms with E-state index in [0.717, 1.165) is 44.7 Å². The fraction of sp³-hybridized carbons (Fsp3) is 0.923. The Morgan fingerprint density at radius 2 is 1.94 bits per heavy atom. The second kappa shape index (κ2) is 8.19.